The monoisotopic (exact) mass is 310 g/mol. The molecule has 2 nitrogen and oxygen atoms in total. The summed E-state index contributed by atoms with van der Waals surface area (Å²) in [6.45, 7) is 10.1. The van der Waals surface area contributed by atoms with Crippen LogP contribution >= 0.6 is 15.9 Å². The highest BCUT2D eigenvalue weighted by Crippen LogP contribution is 2.24. The molecule has 1 aromatic carbocycles. The van der Waals surface area contributed by atoms with Crippen molar-refractivity contribution in [3.05, 3.63) is 28.2 Å². The normalized spacial score (nSPS) is 21.2. The van der Waals surface area contributed by atoms with Crippen LogP contribution in [0.4, 0.5) is 5.69 Å². The summed E-state index contributed by atoms with van der Waals surface area (Å²) in [5, 5.41) is 3.66. The minimum absolute atomic E-state index is 0.594. The van der Waals surface area contributed by atoms with Crippen LogP contribution in [0.3, 0.4) is 0 Å². The van der Waals surface area contributed by atoms with Crippen LogP contribution in [-0.2, 0) is 0 Å². The van der Waals surface area contributed by atoms with Gasteiger partial charge in [-0.05, 0) is 49.6 Å². The molecule has 0 aromatic heterocycles. The Morgan fingerprint density at radius 1 is 1.39 bits per heavy atom. The van der Waals surface area contributed by atoms with Crippen LogP contribution in [0.25, 0.3) is 0 Å². The number of benzene rings is 1. The second-order valence-corrected chi connectivity index (χ2v) is 6.39. The molecule has 1 saturated heterocycles. The van der Waals surface area contributed by atoms with E-state index in [0.717, 1.165) is 19.6 Å². The average Bonchev–Trinajstić information content (AvgIpc) is 2.58. The highest BCUT2D eigenvalue weighted by molar-refractivity contribution is 9.10. The Morgan fingerprint density at radius 3 is 2.83 bits per heavy atom. The number of nitrogens with one attached hydrogen (secondary N) is 1. The lowest BCUT2D eigenvalue weighted by Gasteiger charge is -2.29. The molecule has 1 aliphatic heterocycles. The fourth-order valence-corrected chi connectivity index (χ4v) is 2.70. The minimum Gasteiger partial charge on any atom is -0.370 e. The lowest BCUT2D eigenvalue weighted by molar-refractivity contribution is 0.420. The molecule has 1 fully saturated rings. The Labute approximate surface area is 119 Å². The third kappa shape index (κ3) is 3.27. The molecule has 1 unspecified atom stereocenters. The highest BCUT2D eigenvalue weighted by Gasteiger charge is 2.20. The Hall–Kier alpha value is -0.540. The zero-order valence-corrected chi connectivity index (χ0v) is 13.1. The quantitative estimate of drug-likeness (QED) is 0.898. The second kappa shape index (κ2) is 6.07. The summed E-state index contributed by atoms with van der Waals surface area (Å²) in [6.07, 6.45) is 1.22. The van der Waals surface area contributed by atoms with Crippen LogP contribution in [-0.4, -0.2) is 25.7 Å². The van der Waals surface area contributed by atoms with Gasteiger partial charge in [0.15, 0.2) is 0 Å². The molecule has 1 N–H and O–H groups in total. The summed E-state index contributed by atoms with van der Waals surface area (Å²) >= 11 is 3.57. The summed E-state index contributed by atoms with van der Waals surface area (Å²) in [6, 6.07) is 7.26. The Bertz CT molecular complexity index is 403. The van der Waals surface area contributed by atoms with E-state index in [1.807, 2.05) is 0 Å². The van der Waals surface area contributed by atoms with Gasteiger partial charge in [-0.25, -0.2) is 0 Å². The van der Waals surface area contributed by atoms with E-state index in [1.54, 1.807) is 0 Å². The van der Waals surface area contributed by atoms with Crippen molar-refractivity contribution in [3.63, 3.8) is 0 Å². The molecule has 1 aromatic rings. The third-order valence-electron chi connectivity index (χ3n) is 3.74. The second-order valence-electron chi connectivity index (χ2n) is 5.54. The summed E-state index contributed by atoms with van der Waals surface area (Å²) in [5.74, 6) is 0.683. The molecule has 3 heteroatoms. The Balaban J connectivity index is 2.17. The van der Waals surface area contributed by atoms with E-state index in [9.17, 15) is 0 Å². The first-order valence-corrected chi connectivity index (χ1v) is 7.61. The molecule has 1 atom stereocenters. The zero-order valence-electron chi connectivity index (χ0n) is 11.5. The topological polar surface area (TPSA) is 15.3 Å². The predicted octanol–water partition coefficient (Wildman–Crippen LogP) is 3.58. The van der Waals surface area contributed by atoms with Crippen molar-refractivity contribution in [1.29, 1.82) is 0 Å². The highest BCUT2D eigenvalue weighted by atomic mass is 79.9. The van der Waals surface area contributed by atoms with Crippen molar-refractivity contribution < 1.29 is 0 Å². The van der Waals surface area contributed by atoms with Crippen LogP contribution in [0.1, 0.15) is 25.8 Å². The number of hydrogen-bond acceptors (Lipinski definition) is 2. The molecule has 0 aliphatic carbocycles. The number of hydrogen-bond donors (Lipinski definition) is 1. The number of anilines is 1. The molecule has 0 amide bonds. The van der Waals surface area contributed by atoms with E-state index in [-0.39, 0.29) is 0 Å². The smallest absolute Gasteiger partial charge is 0.0370 e. The van der Waals surface area contributed by atoms with E-state index < -0.39 is 0 Å². The van der Waals surface area contributed by atoms with Crippen LogP contribution in [0, 0.1) is 12.8 Å². The van der Waals surface area contributed by atoms with Gasteiger partial charge < -0.3 is 10.2 Å². The van der Waals surface area contributed by atoms with Crippen LogP contribution in [0.15, 0.2) is 22.7 Å². The Morgan fingerprint density at radius 2 is 2.17 bits per heavy atom. The van der Waals surface area contributed by atoms with Crippen LogP contribution < -0.4 is 10.2 Å². The number of rotatable bonds is 2. The lowest BCUT2D eigenvalue weighted by Crippen LogP contribution is -2.41. The number of aryl methyl sites for hydroxylation is 1. The summed E-state index contributed by atoms with van der Waals surface area (Å²) in [5.41, 5.74) is 2.66. The van der Waals surface area contributed by atoms with E-state index in [1.165, 1.54) is 22.1 Å². The third-order valence-corrected chi connectivity index (χ3v) is 4.63. The largest absolute Gasteiger partial charge is 0.370 e. The first-order chi connectivity index (χ1) is 8.58. The molecule has 2 rings (SSSR count). The van der Waals surface area contributed by atoms with Gasteiger partial charge in [0.2, 0.25) is 0 Å². The van der Waals surface area contributed by atoms with Crippen molar-refractivity contribution in [2.75, 3.05) is 24.5 Å². The number of halogens is 1. The maximum Gasteiger partial charge on any atom is 0.0370 e. The molecule has 0 spiro atoms. The van der Waals surface area contributed by atoms with Gasteiger partial charge in [0.1, 0.15) is 0 Å². The summed E-state index contributed by atoms with van der Waals surface area (Å²) in [7, 11) is 0. The molecule has 18 heavy (non-hydrogen) atoms. The van der Waals surface area contributed by atoms with Crippen LogP contribution in [0.5, 0.6) is 0 Å². The van der Waals surface area contributed by atoms with Gasteiger partial charge in [-0.15, -0.1) is 0 Å². The number of nitrogens with zero attached hydrogens (tertiary/aromatic N) is 1. The zero-order chi connectivity index (χ0) is 13.1. The van der Waals surface area contributed by atoms with Gasteiger partial charge in [0.25, 0.3) is 0 Å². The molecular weight excluding hydrogens is 288 g/mol. The van der Waals surface area contributed by atoms with Gasteiger partial charge in [0.05, 0.1) is 0 Å². The van der Waals surface area contributed by atoms with Crippen molar-refractivity contribution in [1.82, 2.24) is 5.32 Å². The first-order valence-electron chi connectivity index (χ1n) is 6.82. The maximum atomic E-state index is 3.66. The molecule has 1 heterocycles. The van der Waals surface area contributed by atoms with E-state index in [2.05, 4.69) is 65.1 Å². The molecule has 0 radical (unpaired) electrons. The standard InChI is InChI=1S/C15H23BrN2/c1-11(2)15-10-18(8-4-7-17-15)13-5-6-14(16)12(3)9-13/h5-6,9,11,15,17H,4,7-8,10H2,1-3H3. The molecule has 0 bridgehead atoms. The van der Waals surface area contributed by atoms with Crippen molar-refractivity contribution in [2.45, 2.75) is 33.2 Å². The van der Waals surface area contributed by atoms with E-state index in [0.29, 0.717) is 12.0 Å². The minimum atomic E-state index is 0.594. The summed E-state index contributed by atoms with van der Waals surface area (Å²) in [4.78, 5) is 2.52. The van der Waals surface area contributed by atoms with Crippen molar-refractivity contribution in [2.24, 2.45) is 5.92 Å². The van der Waals surface area contributed by atoms with Gasteiger partial charge in [-0.2, -0.15) is 0 Å². The maximum absolute atomic E-state index is 3.66. The predicted molar refractivity (Wildman–Crippen MR) is 82.3 cm³/mol. The van der Waals surface area contributed by atoms with Gasteiger partial charge in [-0.3, -0.25) is 0 Å². The average molecular weight is 311 g/mol. The van der Waals surface area contributed by atoms with Crippen LogP contribution in [0.2, 0.25) is 0 Å². The Kier molecular flexibility index (Phi) is 4.68. The molecule has 100 valence electrons. The van der Waals surface area contributed by atoms with E-state index in [4.69, 9.17) is 0 Å². The molecule has 1 aliphatic rings. The van der Waals surface area contributed by atoms with Gasteiger partial charge in [0, 0.05) is 29.3 Å². The molecular formula is C15H23BrN2. The lowest BCUT2D eigenvalue weighted by atomic mass is 10.0. The first kappa shape index (κ1) is 13.9. The SMILES string of the molecule is Cc1cc(N2CCCNC(C(C)C)C2)ccc1Br. The van der Waals surface area contributed by atoms with Crippen molar-refractivity contribution >= 4 is 21.6 Å². The summed E-state index contributed by atoms with van der Waals surface area (Å²) < 4.78 is 1.19. The fraction of sp³-hybridized carbons (Fsp3) is 0.600. The van der Waals surface area contributed by atoms with E-state index >= 15 is 0 Å². The fourth-order valence-electron chi connectivity index (χ4n) is 2.46. The molecule has 0 saturated carbocycles. The van der Waals surface area contributed by atoms with Crippen molar-refractivity contribution in [3.8, 4) is 0 Å². The van der Waals surface area contributed by atoms with Gasteiger partial charge in [-0.1, -0.05) is 29.8 Å². The van der Waals surface area contributed by atoms with Gasteiger partial charge >= 0.3 is 0 Å².